The molecule has 2 heterocycles. The zero-order chi connectivity index (χ0) is 23.9. The number of hydroxylamine groups is 1. The second kappa shape index (κ2) is 10.6. The lowest BCUT2D eigenvalue weighted by Gasteiger charge is -2.19. The van der Waals surface area contributed by atoms with E-state index in [0.717, 1.165) is 22.0 Å². The Balaban J connectivity index is 1.44. The van der Waals surface area contributed by atoms with Crippen molar-refractivity contribution in [2.75, 3.05) is 13.7 Å². The molecule has 2 amide bonds. The molecule has 4 rings (SSSR count). The zero-order valence-electron chi connectivity index (χ0n) is 18.5. The lowest BCUT2D eigenvalue weighted by molar-refractivity contribution is -0.123. The molecule has 0 radical (unpaired) electrons. The number of carbonyl (C=O) groups is 2. The summed E-state index contributed by atoms with van der Waals surface area (Å²) < 4.78 is 10.3. The van der Waals surface area contributed by atoms with Crippen LogP contribution in [0.25, 0.3) is 10.9 Å². The summed E-state index contributed by atoms with van der Waals surface area (Å²) in [5, 5.41) is 16.1. The van der Waals surface area contributed by atoms with Gasteiger partial charge in [-0.05, 0) is 29.3 Å². The molecule has 1 aliphatic rings. The van der Waals surface area contributed by atoms with Crippen molar-refractivity contribution >= 4 is 22.9 Å². The highest BCUT2D eigenvalue weighted by molar-refractivity contribution is 5.88. The van der Waals surface area contributed by atoms with Gasteiger partial charge in [0, 0.05) is 29.6 Å². The van der Waals surface area contributed by atoms with Gasteiger partial charge in [0.15, 0.2) is 0 Å². The van der Waals surface area contributed by atoms with Crippen molar-refractivity contribution in [3.8, 4) is 5.75 Å². The molecule has 2 aromatic carbocycles. The normalized spacial score (nSPS) is 15.8. The van der Waals surface area contributed by atoms with Gasteiger partial charge in [0.05, 0.1) is 13.7 Å². The number of aromatic amines is 1. The minimum absolute atomic E-state index is 0.0775. The summed E-state index contributed by atoms with van der Waals surface area (Å²) in [6.45, 7) is 0.249. The molecule has 0 aliphatic carbocycles. The molecular weight excluding hydrogens is 440 g/mol. The van der Waals surface area contributed by atoms with Gasteiger partial charge in [-0.2, -0.15) is 0 Å². The minimum Gasteiger partial charge on any atom is -0.508 e. The van der Waals surface area contributed by atoms with Crippen molar-refractivity contribution in [2.24, 2.45) is 0 Å². The number of ether oxygens (including phenoxy) is 2. The van der Waals surface area contributed by atoms with E-state index in [4.69, 9.17) is 14.3 Å². The highest BCUT2D eigenvalue weighted by Crippen LogP contribution is 2.24. The molecule has 5 N–H and O–H groups in total. The topological polar surface area (TPSA) is 134 Å². The fourth-order valence-corrected chi connectivity index (χ4v) is 3.58. The van der Waals surface area contributed by atoms with Crippen molar-refractivity contribution in [1.29, 1.82) is 0 Å². The first-order valence-electron chi connectivity index (χ1n) is 10.7. The van der Waals surface area contributed by atoms with Gasteiger partial charge < -0.3 is 30.2 Å². The Labute approximate surface area is 195 Å². The number of phenols is 1. The fraction of sp³-hybridized carbons (Fsp3) is 0.250. The predicted octanol–water partition coefficient (Wildman–Crippen LogP) is 2.22. The number of rotatable bonds is 9. The molecule has 178 valence electrons. The molecule has 0 saturated heterocycles. The molecule has 1 aromatic heterocycles. The molecule has 0 saturated carbocycles. The molecule has 10 heteroatoms. The van der Waals surface area contributed by atoms with Crippen molar-refractivity contribution in [2.45, 2.75) is 25.2 Å². The minimum atomic E-state index is -0.926. The van der Waals surface area contributed by atoms with Crippen molar-refractivity contribution in [3.05, 3.63) is 77.8 Å². The smallest absolute Gasteiger partial charge is 0.408 e. The third-order valence-corrected chi connectivity index (χ3v) is 5.34. The van der Waals surface area contributed by atoms with Crippen LogP contribution in [0.5, 0.6) is 5.75 Å². The number of hydrogen-bond donors (Lipinski definition) is 5. The van der Waals surface area contributed by atoms with Gasteiger partial charge in [-0.1, -0.05) is 30.3 Å². The Bertz CT molecular complexity index is 1180. The Morgan fingerprint density at radius 2 is 2.03 bits per heavy atom. The monoisotopic (exact) mass is 466 g/mol. The molecule has 10 nitrogen and oxygen atoms in total. The second-order valence-corrected chi connectivity index (χ2v) is 7.75. The maximum atomic E-state index is 13.0. The van der Waals surface area contributed by atoms with Crippen LogP contribution in [-0.2, 0) is 32.1 Å². The highest BCUT2D eigenvalue weighted by Gasteiger charge is 2.25. The highest BCUT2D eigenvalue weighted by atomic mass is 16.7. The number of nitrogens with one attached hydrogen (secondary N) is 4. The van der Waals surface area contributed by atoms with Crippen LogP contribution in [0.2, 0.25) is 0 Å². The van der Waals surface area contributed by atoms with E-state index < -0.39 is 24.1 Å². The number of hydrogen-bond acceptors (Lipinski definition) is 7. The predicted molar refractivity (Wildman–Crippen MR) is 123 cm³/mol. The number of fused-ring (bicyclic) bond motifs is 1. The van der Waals surface area contributed by atoms with E-state index in [1.807, 2.05) is 30.3 Å². The van der Waals surface area contributed by atoms with Gasteiger partial charge in [0.1, 0.15) is 24.5 Å². The number of amides is 2. The summed E-state index contributed by atoms with van der Waals surface area (Å²) in [7, 11) is 1.50. The van der Waals surface area contributed by atoms with Crippen LogP contribution in [-0.4, -0.2) is 47.9 Å². The summed E-state index contributed by atoms with van der Waals surface area (Å²) in [5.41, 5.74) is 5.00. The number of aromatic hydroxyl groups is 1. The maximum absolute atomic E-state index is 13.0. The lowest BCUT2D eigenvalue weighted by Crippen LogP contribution is -2.49. The van der Waals surface area contributed by atoms with Gasteiger partial charge >= 0.3 is 6.09 Å². The standard InChI is InChI=1S/C24H26N4O6/c1-32-22-11-18(34-28-22)13-26-23(30)21(27-24(31)33-14-15-5-3-2-4-6-15)9-16-12-25-20-8-7-17(29)10-19(16)20/h2-8,10-12,18,21,25,28-29H,9,13-14H2,1H3,(H,26,30)(H,27,31)/t18?,21-/m0/s1. The summed E-state index contributed by atoms with van der Waals surface area (Å²) in [5.74, 6) is 0.155. The van der Waals surface area contributed by atoms with E-state index >= 15 is 0 Å². The fourth-order valence-electron chi connectivity index (χ4n) is 3.58. The Morgan fingerprint density at radius 3 is 2.79 bits per heavy atom. The van der Waals surface area contributed by atoms with Crippen LogP contribution in [0.15, 0.2) is 66.7 Å². The summed E-state index contributed by atoms with van der Waals surface area (Å²) in [6.07, 6.45) is 2.48. The van der Waals surface area contributed by atoms with Crippen LogP contribution in [0.4, 0.5) is 4.79 Å². The first kappa shape index (κ1) is 23.0. The quantitative estimate of drug-likeness (QED) is 0.326. The Morgan fingerprint density at radius 1 is 1.21 bits per heavy atom. The largest absolute Gasteiger partial charge is 0.508 e. The lowest BCUT2D eigenvalue weighted by atomic mass is 10.0. The average Bonchev–Trinajstić information content (AvgIpc) is 3.48. The van der Waals surface area contributed by atoms with Crippen molar-refractivity contribution < 1.29 is 29.0 Å². The van der Waals surface area contributed by atoms with Crippen LogP contribution >= 0.6 is 0 Å². The second-order valence-electron chi connectivity index (χ2n) is 7.75. The first-order valence-corrected chi connectivity index (χ1v) is 10.7. The summed E-state index contributed by atoms with van der Waals surface area (Å²) >= 11 is 0. The Kier molecular flexibility index (Phi) is 7.19. The van der Waals surface area contributed by atoms with Crippen LogP contribution in [0.1, 0.15) is 11.1 Å². The molecule has 0 spiro atoms. The van der Waals surface area contributed by atoms with Gasteiger partial charge in [-0.15, -0.1) is 0 Å². The molecule has 0 fully saturated rings. The van der Waals surface area contributed by atoms with E-state index in [-0.39, 0.29) is 25.3 Å². The number of benzene rings is 2. The van der Waals surface area contributed by atoms with E-state index in [2.05, 4.69) is 21.1 Å². The molecule has 0 bridgehead atoms. The summed E-state index contributed by atoms with van der Waals surface area (Å²) in [4.78, 5) is 33.9. The number of H-pyrrole nitrogens is 1. The SMILES string of the molecule is COC1=CC(CNC(=O)[C@H](Cc2c[nH]c3ccc(O)cc23)NC(=O)OCc2ccccc2)ON1. The Hall–Kier alpha value is -4.18. The third kappa shape index (κ3) is 5.78. The van der Waals surface area contributed by atoms with Gasteiger partial charge in [-0.3, -0.25) is 9.63 Å². The van der Waals surface area contributed by atoms with Gasteiger partial charge in [0.2, 0.25) is 11.8 Å². The number of phenolic OH excluding ortho intramolecular Hbond substituents is 1. The molecule has 34 heavy (non-hydrogen) atoms. The molecule has 1 aliphatic heterocycles. The maximum Gasteiger partial charge on any atom is 0.408 e. The van der Waals surface area contributed by atoms with Crippen LogP contribution < -0.4 is 16.1 Å². The third-order valence-electron chi connectivity index (χ3n) is 5.34. The van der Waals surface area contributed by atoms with Crippen LogP contribution in [0.3, 0.4) is 0 Å². The zero-order valence-corrected chi connectivity index (χ0v) is 18.5. The molecule has 2 atom stereocenters. The van der Waals surface area contributed by atoms with E-state index in [0.29, 0.717) is 5.88 Å². The average molecular weight is 466 g/mol. The summed E-state index contributed by atoms with van der Waals surface area (Å²) in [6, 6.07) is 13.3. The first-order chi connectivity index (χ1) is 16.5. The number of methoxy groups -OCH3 is 1. The molecule has 1 unspecified atom stereocenters. The van der Waals surface area contributed by atoms with Crippen molar-refractivity contribution in [3.63, 3.8) is 0 Å². The number of alkyl carbamates (subject to hydrolysis) is 1. The van der Waals surface area contributed by atoms with E-state index in [1.54, 1.807) is 30.5 Å². The van der Waals surface area contributed by atoms with E-state index in [9.17, 15) is 14.7 Å². The van der Waals surface area contributed by atoms with Crippen LogP contribution in [0, 0.1) is 0 Å². The molecular formula is C24H26N4O6. The van der Waals surface area contributed by atoms with Gasteiger partial charge in [-0.25, -0.2) is 10.3 Å². The van der Waals surface area contributed by atoms with Crippen molar-refractivity contribution in [1.82, 2.24) is 21.1 Å². The number of carbonyl (C=O) groups excluding carboxylic acids is 2. The molecule has 3 aromatic rings. The van der Waals surface area contributed by atoms with Gasteiger partial charge in [0.25, 0.3) is 0 Å². The number of aromatic nitrogens is 1. The van der Waals surface area contributed by atoms with E-state index in [1.165, 1.54) is 7.11 Å².